The van der Waals surface area contributed by atoms with Crippen molar-refractivity contribution in [3.05, 3.63) is 0 Å². The quantitative estimate of drug-likeness (QED) is 0.364. The summed E-state index contributed by atoms with van der Waals surface area (Å²) in [4.78, 5) is 48.4. The van der Waals surface area contributed by atoms with Crippen LogP contribution in [0.3, 0.4) is 0 Å². The average Bonchev–Trinajstić information content (AvgIpc) is 2.74. The number of hydrogen-bond acceptors (Lipinski definition) is 7. The summed E-state index contributed by atoms with van der Waals surface area (Å²) in [5, 5.41) is 1.50. The second kappa shape index (κ2) is 6.73. The van der Waals surface area contributed by atoms with Crippen LogP contribution in [0.15, 0.2) is 0 Å². The first-order valence-electron chi connectivity index (χ1n) is 6.99. The molecule has 0 aliphatic carbocycles. The van der Waals surface area contributed by atoms with Gasteiger partial charge in [0.2, 0.25) is 11.8 Å². The van der Waals surface area contributed by atoms with Crippen LogP contribution in [0.5, 0.6) is 0 Å². The number of nitrogens with two attached hydrogens (primary N) is 1. The molecule has 9 nitrogen and oxygen atoms in total. The minimum Gasteiger partial charge on any atom is -0.445 e. The molecule has 2 N–H and O–H groups in total. The summed E-state index contributed by atoms with van der Waals surface area (Å²) in [6, 6.07) is 0. The van der Waals surface area contributed by atoms with E-state index in [1.54, 1.807) is 0 Å². The molecule has 1 unspecified atom stereocenters. The summed E-state index contributed by atoms with van der Waals surface area (Å²) in [5.74, 6) is 0.446. The molecule has 2 aliphatic rings. The first kappa shape index (κ1) is 18.1. The van der Waals surface area contributed by atoms with E-state index in [4.69, 9.17) is 5.84 Å². The summed E-state index contributed by atoms with van der Waals surface area (Å²) in [6.07, 6.45) is -7.85. The van der Waals surface area contributed by atoms with Crippen LogP contribution in [-0.2, 0) is 23.9 Å². The molecule has 3 amide bonds. The first-order chi connectivity index (χ1) is 11.1. The number of esters is 1. The molecule has 0 aromatic heterocycles. The van der Waals surface area contributed by atoms with Gasteiger partial charge in [0.05, 0.1) is 6.42 Å². The third-order valence-corrected chi connectivity index (χ3v) is 3.64. The molecule has 134 valence electrons. The molecule has 0 aromatic carbocycles. The van der Waals surface area contributed by atoms with Crippen molar-refractivity contribution in [2.75, 3.05) is 32.7 Å². The van der Waals surface area contributed by atoms with Crippen LogP contribution in [0.2, 0.25) is 0 Å². The van der Waals surface area contributed by atoms with Crippen LogP contribution >= 0.6 is 0 Å². The highest BCUT2D eigenvalue weighted by molar-refractivity contribution is 6.07. The number of alkyl halides is 3. The fourth-order valence-electron chi connectivity index (χ4n) is 2.31. The molecule has 0 radical (unpaired) electrons. The number of rotatable bonds is 3. The molecule has 12 heteroatoms. The van der Waals surface area contributed by atoms with Crippen LogP contribution < -0.4 is 5.84 Å². The van der Waals surface area contributed by atoms with E-state index in [1.807, 2.05) is 0 Å². The molecule has 2 aliphatic heterocycles. The predicted octanol–water partition coefficient (Wildman–Crippen LogP) is -1.76. The highest BCUT2D eigenvalue weighted by Crippen LogP contribution is 2.22. The van der Waals surface area contributed by atoms with Crippen molar-refractivity contribution < 1.29 is 37.1 Å². The van der Waals surface area contributed by atoms with Gasteiger partial charge in [-0.05, 0) is 0 Å². The predicted molar refractivity (Wildman–Crippen MR) is 69.6 cm³/mol. The van der Waals surface area contributed by atoms with E-state index in [0.29, 0.717) is 31.1 Å². The van der Waals surface area contributed by atoms with Crippen molar-refractivity contribution in [1.29, 1.82) is 0 Å². The van der Waals surface area contributed by atoms with E-state index in [1.165, 1.54) is 9.91 Å². The Morgan fingerprint density at radius 3 is 2.29 bits per heavy atom. The summed E-state index contributed by atoms with van der Waals surface area (Å²) in [6.45, 7) is 0.831. The van der Waals surface area contributed by atoms with Crippen molar-refractivity contribution in [1.82, 2.24) is 14.8 Å². The molecule has 0 saturated carbocycles. The van der Waals surface area contributed by atoms with Crippen LogP contribution in [0, 0.1) is 0 Å². The summed E-state index contributed by atoms with van der Waals surface area (Å²) in [5.41, 5.74) is 0. The van der Waals surface area contributed by atoms with Gasteiger partial charge >= 0.3 is 12.1 Å². The maximum atomic E-state index is 12.1. The Morgan fingerprint density at radius 2 is 1.75 bits per heavy atom. The highest BCUT2D eigenvalue weighted by atomic mass is 19.4. The van der Waals surface area contributed by atoms with Gasteiger partial charge in [0.15, 0.2) is 6.10 Å². The van der Waals surface area contributed by atoms with E-state index in [2.05, 4.69) is 4.74 Å². The van der Waals surface area contributed by atoms with Crippen molar-refractivity contribution >= 4 is 23.7 Å². The smallest absolute Gasteiger partial charge is 0.445 e. The van der Waals surface area contributed by atoms with Crippen molar-refractivity contribution in [3.63, 3.8) is 0 Å². The number of halogens is 3. The Hall–Kier alpha value is -2.21. The molecule has 2 rings (SSSR count). The van der Waals surface area contributed by atoms with Crippen LogP contribution in [0.1, 0.15) is 6.42 Å². The lowest BCUT2D eigenvalue weighted by molar-refractivity contribution is -0.204. The van der Waals surface area contributed by atoms with Gasteiger partial charge in [-0.2, -0.15) is 13.2 Å². The van der Waals surface area contributed by atoms with Crippen molar-refractivity contribution in [2.45, 2.75) is 18.7 Å². The summed E-state index contributed by atoms with van der Waals surface area (Å²) < 4.78 is 40.5. The maximum absolute atomic E-state index is 12.1. The standard InChI is InChI=1S/C12H15F3N4O5/c13-12(14,15)11(23)24-7-5-8(20)19(10(7)22)6-9(21)17-1-3-18(16)4-2-17/h7H,1-6,16H2. The number of carbonyl (C=O) groups excluding carboxylic acids is 4. The van der Waals surface area contributed by atoms with E-state index in [9.17, 15) is 32.3 Å². The number of carbonyl (C=O) groups is 4. The molecular formula is C12H15F3N4O5. The van der Waals surface area contributed by atoms with Gasteiger partial charge in [-0.1, -0.05) is 0 Å². The lowest BCUT2D eigenvalue weighted by Gasteiger charge is -2.32. The zero-order chi connectivity index (χ0) is 18.1. The number of nitrogens with zero attached hydrogens (tertiary/aromatic N) is 3. The van der Waals surface area contributed by atoms with Crippen molar-refractivity contribution in [2.24, 2.45) is 5.84 Å². The van der Waals surface area contributed by atoms with Gasteiger partial charge in [0.1, 0.15) is 6.54 Å². The SMILES string of the molecule is NN1CCN(C(=O)CN2C(=O)CC(OC(=O)C(F)(F)F)C2=O)CC1. The second-order valence-electron chi connectivity index (χ2n) is 5.33. The molecule has 0 bridgehead atoms. The molecular weight excluding hydrogens is 337 g/mol. The normalized spacial score (nSPS) is 22.9. The van der Waals surface area contributed by atoms with E-state index in [0.717, 1.165) is 0 Å². The lowest BCUT2D eigenvalue weighted by Crippen LogP contribution is -2.53. The monoisotopic (exact) mass is 352 g/mol. The van der Waals surface area contributed by atoms with Gasteiger partial charge in [-0.25, -0.2) is 9.80 Å². The Balaban J connectivity index is 1.94. The minimum atomic E-state index is -5.27. The Labute approximate surface area is 134 Å². The molecule has 1 atom stereocenters. The third-order valence-electron chi connectivity index (χ3n) is 3.64. The van der Waals surface area contributed by atoms with E-state index >= 15 is 0 Å². The van der Waals surface area contributed by atoms with Crippen LogP contribution in [0.4, 0.5) is 13.2 Å². The van der Waals surface area contributed by atoms with Gasteiger partial charge in [-0.3, -0.25) is 25.1 Å². The van der Waals surface area contributed by atoms with Gasteiger partial charge in [-0.15, -0.1) is 0 Å². The molecule has 0 spiro atoms. The zero-order valence-corrected chi connectivity index (χ0v) is 12.4. The fraction of sp³-hybridized carbons (Fsp3) is 0.667. The molecule has 2 heterocycles. The van der Waals surface area contributed by atoms with Gasteiger partial charge < -0.3 is 9.64 Å². The van der Waals surface area contributed by atoms with E-state index < -0.39 is 48.9 Å². The Morgan fingerprint density at radius 1 is 1.17 bits per heavy atom. The number of likely N-dealkylation sites (tertiary alicyclic amines) is 1. The molecule has 2 fully saturated rings. The minimum absolute atomic E-state index is 0.304. The fourth-order valence-corrected chi connectivity index (χ4v) is 2.31. The zero-order valence-electron chi connectivity index (χ0n) is 12.4. The topological polar surface area (TPSA) is 113 Å². The number of hydrogen-bond donors (Lipinski definition) is 1. The number of ether oxygens (including phenoxy) is 1. The second-order valence-corrected chi connectivity index (χ2v) is 5.33. The van der Waals surface area contributed by atoms with Crippen LogP contribution in [-0.4, -0.2) is 83.5 Å². The Bertz CT molecular complexity index is 559. The number of piperazine rings is 1. The summed E-state index contributed by atoms with van der Waals surface area (Å²) in [7, 11) is 0. The largest absolute Gasteiger partial charge is 0.490 e. The summed E-state index contributed by atoms with van der Waals surface area (Å²) >= 11 is 0. The maximum Gasteiger partial charge on any atom is 0.490 e. The van der Waals surface area contributed by atoms with Crippen molar-refractivity contribution in [3.8, 4) is 0 Å². The van der Waals surface area contributed by atoms with E-state index in [-0.39, 0.29) is 0 Å². The number of hydrazine groups is 1. The number of imide groups is 1. The van der Waals surface area contributed by atoms with Gasteiger partial charge in [0, 0.05) is 26.2 Å². The number of amides is 3. The molecule has 0 aromatic rings. The van der Waals surface area contributed by atoms with Gasteiger partial charge in [0.25, 0.3) is 5.91 Å². The molecule has 2 saturated heterocycles. The average molecular weight is 352 g/mol. The van der Waals surface area contributed by atoms with Crippen LogP contribution in [0.25, 0.3) is 0 Å². The first-order valence-corrected chi connectivity index (χ1v) is 6.99. The highest BCUT2D eigenvalue weighted by Gasteiger charge is 2.48. The molecule has 24 heavy (non-hydrogen) atoms. The Kier molecular flexibility index (Phi) is 5.08. The lowest BCUT2D eigenvalue weighted by atomic mass is 10.3. The third kappa shape index (κ3) is 4.00.